The van der Waals surface area contributed by atoms with Gasteiger partial charge in [-0.3, -0.25) is 0 Å². The fourth-order valence-corrected chi connectivity index (χ4v) is 3.59. The summed E-state index contributed by atoms with van der Waals surface area (Å²) in [7, 11) is 3.20. The maximum atomic E-state index is 12.8. The SMILES string of the molecule is COc1cccc(-c2noc([C@@H]3CCCN(C(=O)Nc4ccccc4OC)C3)n2)c1. The number of carbonyl (C=O) groups is 1. The van der Waals surface area contributed by atoms with Crippen LogP contribution in [0.1, 0.15) is 24.7 Å². The maximum absolute atomic E-state index is 12.8. The van der Waals surface area contributed by atoms with E-state index in [1.54, 1.807) is 19.1 Å². The van der Waals surface area contributed by atoms with E-state index in [4.69, 9.17) is 14.0 Å². The van der Waals surface area contributed by atoms with Crippen LogP contribution in [0.25, 0.3) is 11.4 Å². The number of hydrogen-bond acceptors (Lipinski definition) is 6. The van der Waals surface area contributed by atoms with E-state index in [9.17, 15) is 4.79 Å². The van der Waals surface area contributed by atoms with Crippen LogP contribution >= 0.6 is 0 Å². The molecule has 1 aliphatic heterocycles. The molecule has 1 aliphatic rings. The standard InChI is InChI=1S/C22H24N4O4/c1-28-17-9-5-7-15(13-17)20-24-21(30-25-20)16-8-6-12-26(14-16)22(27)23-18-10-3-4-11-19(18)29-2/h3-5,7,9-11,13,16H,6,8,12,14H2,1-2H3,(H,23,27)/t16-/m1/s1. The molecule has 0 saturated carbocycles. The Morgan fingerprint density at radius 3 is 2.87 bits per heavy atom. The quantitative estimate of drug-likeness (QED) is 0.682. The molecule has 1 atom stereocenters. The molecule has 0 bridgehead atoms. The van der Waals surface area contributed by atoms with Crippen LogP contribution in [0, 0.1) is 0 Å². The zero-order chi connectivity index (χ0) is 20.9. The molecule has 0 unspecified atom stereocenters. The van der Waals surface area contributed by atoms with Gasteiger partial charge in [-0.15, -0.1) is 0 Å². The number of amides is 2. The molecule has 0 spiro atoms. The highest BCUT2D eigenvalue weighted by molar-refractivity contribution is 5.91. The topological polar surface area (TPSA) is 89.7 Å². The van der Waals surface area contributed by atoms with Gasteiger partial charge in [0.1, 0.15) is 11.5 Å². The van der Waals surface area contributed by atoms with E-state index in [0.717, 1.165) is 24.2 Å². The highest BCUT2D eigenvalue weighted by atomic mass is 16.5. The molecule has 2 aromatic carbocycles. The Labute approximate surface area is 174 Å². The summed E-state index contributed by atoms with van der Waals surface area (Å²) in [6.07, 6.45) is 1.75. The molecule has 8 heteroatoms. The maximum Gasteiger partial charge on any atom is 0.321 e. The van der Waals surface area contributed by atoms with Crippen LogP contribution in [0.4, 0.5) is 10.5 Å². The highest BCUT2D eigenvalue weighted by Gasteiger charge is 2.29. The Kier molecular flexibility index (Phi) is 5.83. The van der Waals surface area contributed by atoms with E-state index in [0.29, 0.717) is 36.2 Å². The number of ether oxygens (including phenoxy) is 2. The summed E-state index contributed by atoms with van der Waals surface area (Å²) in [5.41, 5.74) is 1.47. The van der Waals surface area contributed by atoms with Crippen molar-refractivity contribution in [2.45, 2.75) is 18.8 Å². The minimum Gasteiger partial charge on any atom is -0.497 e. The van der Waals surface area contributed by atoms with Gasteiger partial charge in [0.2, 0.25) is 11.7 Å². The molecule has 0 aliphatic carbocycles. The van der Waals surface area contributed by atoms with Gasteiger partial charge in [-0.1, -0.05) is 29.4 Å². The van der Waals surface area contributed by atoms with E-state index in [1.165, 1.54) is 0 Å². The van der Waals surface area contributed by atoms with Crippen LogP contribution < -0.4 is 14.8 Å². The number of carbonyl (C=O) groups excluding carboxylic acids is 1. The first kappa shape index (κ1) is 19.8. The van der Waals surface area contributed by atoms with Crippen molar-refractivity contribution in [1.82, 2.24) is 15.0 Å². The molecule has 30 heavy (non-hydrogen) atoms. The van der Waals surface area contributed by atoms with Crippen LogP contribution in [0.2, 0.25) is 0 Å². The predicted molar refractivity (Wildman–Crippen MR) is 112 cm³/mol. The van der Waals surface area contributed by atoms with Crippen molar-refractivity contribution in [3.05, 3.63) is 54.4 Å². The number of nitrogens with zero attached hydrogens (tertiary/aromatic N) is 3. The van der Waals surface area contributed by atoms with E-state index < -0.39 is 0 Å². The number of piperidine rings is 1. The van der Waals surface area contributed by atoms with Gasteiger partial charge in [-0.25, -0.2) is 4.79 Å². The van der Waals surface area contributed by atoms with Crippen molar-refractivity contribution >= 4 is 11.7 Å². The second-order valence-corrected chi connectivity index (χ2v) is 7.10. The number of urea groups is 1. The fraction of sp³-hybridized carbons (Fsp3) is 0.318. The molecule has 3 aromatic rings. The number of anilines is 1. The Morgan fingerprint density at radius 2 is 2.03 bits per heavy atom. The van der Waals surface area contributed by atoms with Gasteiger partial charge in [0.15, 0.2) is 0 Å². The Balaban J connectivity index is 1.45. The molecule has 1 saturated heterocycles. The lowest BCUT2D eigenvalue weighted by atomic mass is 9.98. The van der Waals surface area contributed by atoms with Crippen LogP contribution in [0.15, 0.2) is 53.1 Å². The van der Waals surface area contributed by atoms with E-state index in [-0.39, 0.29) is 11.9 Å². The van der Waals surface area contributed by atoms with Gasteiger partial charge >= 0.3 is 6.03 Å². The molecule has 4 rings (SSSR count). The Morgan fingerprint density at radius 1 is 1.17 bits per heavy atom. The van der Waals surface area contributed by atoms with Crippen molar-refractivity contribution < 1.29 is 18.8 Å². The van der Waals surface area contributed by atoms with Crippen LogP contribution in [-0.4, -0.2) is 48.4 Å². The summed E-state index contributed by atoms with van der Waals surface area (Å²) >= 11 is 0. The number of likely N-dealkylation sites (tertiary alicyclic amines) is 1. The molecule has 2 amide bonds. The number of para-hydroxylation sites is 2. The smallest absolute Gasteiger partial charge is 0.321 e. The van der Waals surface area contributed by atoms with Crippen molar-refractivity contribution in [3.63, 3.8) is 0 Å². The first-order valence-corrected chi connectivity index (χ1v) is 9.85. The second kappa shape index (κ2) is 8.86. The molecule has 156 valence electrons. The third-order valence-electron chi connectivity index (χ3n) is 5.18. The summed E-state index contributed by atoms with van der Waals surface area (Å²) in [5, 5.41) is 7.05. The van der Waals surface area contributed by atoms with Crippen LogP contribution in [0.3, 0.4) is 0 Å². The first-order chi connectivity index (χ1) is 14.7. The third kappa shape index (κ3) is 4.22. The lowest BCUT2D eigenvalue weighted by Crippen LogP contribution is -2.41. The lowest BCUT2D eigenvalue weighted by molar-refractivity contribution is 0.184. The minimum absolute atomic E-state index is 0.00553. The summed E-state index contributed by atoms with van der Waals surface area (Å²) in [5.74, 6) is 2.41. The summed E-state index contributed by atoms with van der Waals surface area (Å²) < 4.78 is 16.1. The number of nitrogens with one attached hydrogen (secondary N) is 1. The molecule has 1 N–H and O–H groups in total. The highest BCUT2D eigenvalue weighted by Crippen LogP contribution is 2.29. The molecule has 0 radical (unpaired) electrons. The van der Waals surface area contributed by atoms with Crippen LogP contribution in [-0.2, 0) is 0 Å². The number of benzene rings is 2. The monoisotopic (exact) mass is 408 g/mol. The molecule has 2 heterocycles. The lowest BCUT2D eigenvalue weighted by Gasteiger charge is -2.31. The number of rotatable bonds is 5. The molecule has 1 fully saturated rings. The second-order valence-electron chi connectivity index (χ2n) is 7.10. The molecular formula is C22H24N4O4. The zero-order valence-corrected chi connectivity index (χ0v) is 17.0. The van der Waals surface area contributed by atoms with Gasteiger partial charge in [0.25, 0.3) is 0 Å². The average Bonchev–Trinajstić information content (AvgIpc) is 3.30. The van der Waals surface area contributed by atoms with Gasteiger partial charge in [0, 0.05) is 18.7 Å². The van der Waals surface area contributed by atoms with Crippen molar-refractivity contribution in [2.24, 2.45) is 0 Å². The normalized spacial score (nSPS) is 16.2. The molecular weight excluding hydrogens is 384 g/mol. The fourth-order valence-electron chi connectivity index (χ4n) is 3.59. The molecule has 8 nitrogen and oxygen atoms in total. The van der Waals surface area contributed by atoms with Crippen molar-refractivity contribution in [2.75, 3.05) is 32.6 Å². The number of hydrogen-bond donors (Lipinski definition) is 1. The molecule has 1 aromatic heterocycles. The van der Waals surface area contributed by atoms with Gasteiger partial charge in [0.05, 0.1) is 25.8 Å². The van der Waals surface area contributed by atoms with Crippen LogP contribution in [0.5, 0.6) is 11.5 Å². The summed E-state index contributed by atoms with van der Waals surface area (Å²) in [6.45, 7) is 1.19. The Bertz CT molecular complexity index is 1020. The summed E-state index contributed by atoms with van der Waals surface area (Å²) in [4.78, 5) is 19.1. The zero-order valence-electron chi connectivity index (χ0n) is 17.0. The van der Waals surface area contributed by atoms with Crippen molar-refractivity contribution in [1.29, 1.82) is 0 Å². The van der Waals surface area contributed by atoms with E-state index >= 15 is 0 Å². The Hall–Kier alpha value is -3.55. The first-order valence-electron chi connectivity index (χ1n) is 9.85. The van der Waals surface area contributed by atoms with Crippen molar-refractivity contribution in [3.8, 4) is 22.9 Å². The number of aromatic nitrogens is 2. The largest absolute Gasteiger partial charge is 0.497 e. The van der Waals surface area contributed by atoms with E-state index in [2.05, 4.69) is 15.5 Å². The van der Waals surface area contributed by atoms with Gasteiger partial charge in [-0.05, 0) is 37.1 Å². The van der Waals surface area contributed by atoms with Gasteiger partial charge in [-0.2, -0.15) is 4.98 Å². The summed E-state index contributed by atoms with van der Waals surface area (Å²) in [6, 6.07) is 14.7. The minimum atomic E-state index is -0.170. The van der Waals surface area contributed by atoms with Gasteiger partial charge < -0.3 is 24.2 Å². The van der Waals surface area contributed by atoms with E-state index in [1.807, 2.05) is 48.5 Å². The predicted octanol–water partition coefficient (Wildman–Crippen LogP) is 4.17. The average molecular weight is 408 g/mol. The number of methoxy groups -OCH3 is 2. The third-order valence-corrected chi connectivity index (χ3v) is 5.18.